The highest BCUT2D eigenvalue weighted by Crippen LogP contribution is 2.08. The molecular formula is C11H17NO3. The average molecular weight is 211 g/mol. The SMILES string of the molecule is COC(=O)CCN.Cc1cccc(O)c1. The highest BCUT2D eigenvalue weighted by molar-refractivity contribution is 5.69. The van der Waals surface area contributed by atoms with E-state index in [0.717, 1.165) is 5.56 Å². The van der Waals surface area contributed by atoms with E-state index >= 15 is 0 Å². The third-order valence-corrected chi connectivity index (χ3v) is 1.58. The number of rotatable bonds is 2. The third-order valence-electron chi connectivity index (χ3n) is 1.58. The number of benzene rings is 1. The molecule has 0 unspecified atom stereocenters. The first-order chi connectivity index (χ1) is 7.10. The molecule has 0 saturated carbocycles. The number of methoxy groups -OCH3 is 1. The molecule has 0 heterocycles. The van der Waals surface area contributed by atoms with Gasteiger partial charge in [-0.3, -0.25) is 4.79 Å². The zero-order valence-electron chi connectivity index (χ0n) is 9.06. The van der Waals surface area contributed by atoms with Crippen LogP contribution in [0.4, 0.5) is 0 Å². The first-order valence-corrected chi connectivity index (χ1v) is 4.62. The number of hydrogen-bond donors (Lipinski definition) is 2. The van der Waals surface area contributed by atoms with Crippen molar-refractivity contribution in [3.63, 3.8) is 0 Å². The molecule has 0 aromatic heterocycles. The van der Waals surface area contributed by atoms with Crippen molar-refractivity contribution in [2.24, 2.45) is 5.73 Å². The van der Waals surface area contributed by atoms with Crippen molar-refractivity contribution < 1.29 is 14.6 Å². The van der Waals surface area contributed by atoms with E-state index in [1.807, 2.05) is 19.1 Å². The highest BCUT2D eigenvalue weighted by Gasteiger charge is 1.92. The quantitative estimate of drug-likeness (QED) is 0.721. The topological polar surface area (TPSA) is 72.5 Å². The van der Waals surface area contributed by atoms with Gasteiger partial charge in [0.25, 0.3) is 0 Å². The summed E-state index contributed by atoms with van der Waals surface area (Å²) in [5.41, 5.74) is 6.09. The normalized spacial score (nSPS) is 8.73. The van der Waals surface area contributed by atoms with Crippen LogP contribution in [-0.4, -0.2) is 24.7 Å². The minimum atomic E-state index is -0.248. The van der Waals surface area contributed by atoms with Crippen LogP contribution in [-0.2, 0) is 9.53 Å². The molecular weight excluding hydrogens is 194 g/mol. The van der Waals surface area contributed by atoms with Crippen molar-refractivity contribution in [1.29, 1.82) is 0 Å². The molecule has 0 bridgehead atoms. The molecule has 84 valence electrons. The maximum atomic E-state index is 10.1. The summed E-state index contributed by atoms with van der Waals surface area (Å²) in [6.07, 6.45) is 0.316. The van der Waals surface area contributed by atoms with Crippen molar-refractivity contribution in [3.8, 4) is 5.75 Å². The third kappa shape index (κ3) is 7.52. The maximum Gasteiger partial charge on any atom is 0.306 e. The smallest absolute Gasteiger partial charge is 0.306 e. The number of hydrogen-bond acceptors (Lipinski definition) is 4. The average Bonchev–Trinajstić information content (AvgIpc) is 2.18. The molecule has 4 heteroatoms. The zero-order chi connectivity index (χ0) is 11.7. The van der Waals surface area contributed by atoms with Gasteiger partial charge >= 0.3 is 5.97 Å². The summed E-state index contributed by atoms with van der Waals surface area (Å²) in [5.74, 6) is 0.0903. The van der Waals surface area contributed by atoms with Crippen LogP contribution < -0.4 is 5.73 Å². The van der Waals surface area contributed by atoms with E-state index < -0.39 is 0 Å². The number of aryl methyl sites for hydroxylation is 1. The summed E-state index contributed by atoms with van der Waals surface area (Å²) in [5, 5.41) is 8.81. The molecule has 3 N–H and O–H groups in total. The molecule has 4 nitrogen and oxygen atoms in total. The lowest BCUT2D eigenvalue weighted by molar-refractivity contribution is -0.140. The van der Waals surface area contributed by atoms with Crippen LogP contribution >= 0.6 is 0 Å². The zero-order valence-corrected chi connectivity index (χ0v) is 9.06. The van der Waals surface area contributed by atoms with Crippen LogP contribution in [0.25, 0.3) is 0 Å². The molecule has 0 radical (unpaired) electrons. The van der Waals surface area contributed by atoms with Gasteiger partial charge in [0, 0.05) is 6.54 Å². The molecule has 1 aromatic carbocycles. The molecule has 0 aliphatic carbocycles. The summed E-state index contributed by atoms with van der Waals surface area (Å²) in [4.78, 5) is 10.1. The minimum absolute atomic E-state index is 0.248. The Morgan fingerprint density at radius 1 is 1.53 bits per heavy atom. The van der Waals surface area contributed by atoms with Crippen LogP contribution in [0.2, 0.25) is 0 Å². The van der Waals surface area contributed by atoms with Crippen LogP contribution in [0.3, 0.4) is 0 Å². The Morgan fingerprint density at radius 2 is 2.20 bits per heavy atom. The highest BCUT2D eigenvalue weighted by atomic mass is 16.5. The van der Waals surface area contributed by atoms with E-state index in [-0.39, 0.29) is 5.97 Å². The van der Waals surface area contributed by atoms with E-state index in [0.29, 0.717) is 18.7 Å². The van der Waals surface area contributed by atoms with E-state index in [4.69, 9.17) is 10.8 Å². The summed E-state index contributed by atoms with van der Waals surface area (Å²) >= 11 is 0. The van der Waals surface area contributed by atoms with Crippen LogP contribution in [0.1, 0.15) is 12.0 Å². The van der Waals surface area contributed by atoms with Crippen LogP contribution in [0, 0.1) is 6.92 Å². The Bertz CT molecular complexity index is 282. The van der Waals surface area contributed by atoms with Gasteiger partial charge in [0.2, 0.25) is 0 Å². The number of carbonyl (C=O) groups is 1. The lowest BCUT2D eigenvalue weighted by Crippen LogP contribution is -2.08. The van der Waals surface area contributed by atoms with Gasteiger partial charge in [-0.25, -0.2) is 0 Å². The van der Waals surface area contributed by atoms with Gasteiger partial charge < -0.3 is 15.6 Å². The second-order valence-corrected chi connectivity index (χ2v) is 2.95. The molecule has 0 saturated heterocycles. The standard InChI is InChI=1S/C7H8O.C4H9NO2/c1-6-3-2-4-7(8)5-6;1-7-4(6)2-3-5/h2-5,8H,1H3;2-3,5H2,1H3. The molecule has 15 heavy (non-hydrogen) atoms. The van der Waals surface area contributed by atoms with Crippen molar-refractivity contribution >= 4 is 5.97 Å². The molecule has 1 rings (SSSR count). The van der Waals surface area contributed by atoms with Gasteiger partial charge in [0.1, 0.15) is 5.75 Å². The molecule has 0 atom stereocenters. The Labute approximate surface area is 89.7 Å². The van der Waals surface area contributed by atoms with Gasteiger partial charge in [0.05, 0.1) is 13.5 Å². The molecule has 0 aliphatic rings. The minimum Gasteiger partial charge on any atom is -0.508 e. The Hall–Kier alpha value is -1.55. The fourth-order valence-corrected chi connectivity index (χ4v) is 0.848. The van der Waals surface area contributed by atoms with E-state index in [1.165, 1.54) is 7.11 Å². The number of aromatic hydroxyl groups is 1. The number of carbonyl (C=O) groups excluding carboxylic acids is 1. The molecule has 0 amide bonds. The first-order valence-electron chi connectivity index (χ1n) is 4.62. The van der Waals surface area contributed by atoms with Crippen molar-refractivity contribution in [2.45, 2.75) is 13.3 Å². The predicted molar refractivity (Wildman–Crippen MR) is 58.5 cm³/mol. The fourth-order valence-electron chi connectivity index (χ4n) is 0.848. The lowest BCUT2D eigenvalue weighted by Gasteiger charge is -1.91. The van der Waals surface area contributed by atoms with Gasteiger partial charge in [-0.05, 0) is 24.6 Å². The van der Waals surface area contributed by atoms with Gasteiger partial charge in [-0.2, -0.15) is 0 Å². The first kappa shape index (κ1) is 13.4. The summed E-state index contributed by atoms with van der Waals surface area (Å²) in [6, 6.07) is 7.15. The van der Waals surface area contributed by atoms with Crippen LogP contribution in [0.15, 0.2) is 24.3 Å². The Kier molecular flexibility index (Phi) is 7.01. The number of ether oxygens (including phenoxy) is 1. The largest absolute Gasteiger partial charge is 0.508 e. The predicted octanol–water partition coefficient (Wildman–Crippen LogP) is 1.21. The van der Waals surface area contributed by atoms with E-state index in [1.54, 1.807) is 12.1 Å². The van der Waals surface area contributed by atoms with E-state index in [9.17, 15) is 4.79 Å². The lowest BCUT2D eigenvalue weighted by atomic mass is 10.2. The fraction of sp³-hybridized carbons (Fsp3) is 0.364. The molecule has 1 aromatic rings. The monoisotopic (exact) mass is 211 g/mol. The number of esters is 1. The second-order valence-electron chi connectivity index (χ2n) is 2.95. The van der Waals surface area contributed by atoms with Crippen molar-refractivity contribution in [1.82, 2.24) is 0 Å². The number of phenolic OH excluding ortho intramolecular Hbond substituents is 1. The van der Waals surface area contributed by atoms with Crippen molar-refractivity contribution in [2.75, 3.05) is 13.7 Å². The Morgan fingerprint density at radius 3 is 2.47 bits per heavy atom. The molecule has 0 fully saturated rings. The summed E-state index contributed by atoms with van der Waals surface area (Å²) in [6.45, 7) is 2.31. The van der Waals surface area contributed by atoms with E-state index in [2.05, 4.69) is 4.74 Å². The molecule has 0 spiro atoms. The van der Waals surface area contributed by atoms with Gasteiger partial charge in [-0.1, -0.05) is 12.1 Å². The number of phenols is 1. The Balaban J connectivity index is 0.000000265. The summed E-state index contributed by atoms with van der Waals surface area (Å²) < 4.78 is 4.27. The van der Waals surface area contributed by atoms with Gasteiger partial charge in [0.15, 0.2) is 0 Å². The second kappa shape index (κ2) is 7.82. The number of nitrogens with two attached hydrogens (primary N) is 1. The van der Waals surface area contributed by atoms with Crippen LogP contribution in [0.5, 0.6) is 5.75 Å². The molecule has 0 aliphatic heterocycles. The van der Waals surface area contributed by atoms with Crippen molar-refractivity contribution in [3.05, 3.63) is 29.8 Å². The summed E-state index contributed by atoms with van der Waals surface area (Å²) in [7, 11) is 1.35. The maximum absolute atomic E-state index is 10.1. The van der Waals surface area contributed by atoms with Gasteiger partial charge in [-0.15, -0.1) is 0 Å².